The number of rotatable bonds is 12. The number of benzene rings is 3. The van der Waals surface area contributed by atoms with E-state index in [0.29, 0.717) is 17.1 Å². The number of carboxylic acid groups (broad SMARTS) is 1. The maximum atomic E-state index is 13.8. The van der Waals surface area contributed by atoms with Crippen LogP contribution in [0.1, 0.15) is 38.7 Å². The van der Waals surface area contributed by atoms with Crippen molar-refractivity contribution in [2.45, 2.75) is 56.7 Å². The van der Waals surface area contributed by atoms with Crippen molar-refractivity contribution in [3.63, 3.8) is 0 Å². The minimum Gasteiger partial charge on any atom is -0.480 e. The molecule has 0 aromatic heterocycles. The average Bonchev–Trinajstić information content (AvgIpc) is 3.53. The molecule has 0 aliphatic carbocycles. The average molecular weight is 636 g/mol. The summed E-state index contributed by atoms with van der Waals surface area (Å²) in [6.45, 7) is 2.73. The van der Waals surface area contributed by atoms with Gasteiger partial charge in [0, 0.05) is 6.54 Å². The van der Waals surface area contributed by atoms with Crippen LogP contribution in [0.3, 0.4) is 0 Å². The number of aliphatic carboxylic acids is 1. The molecular formula is C33H37N3O8S. The third-order valence-electron chi connectivity index (χ3n) is 7.39. The fraction of sp³-hybridized carbons (Fsp3) is 0.333. The highest BCUT2D eigenvalue weighted by molar-refractivity contribution is 7.89. The molecule has 2 atom stereocenters. The van der Waals surface area contributed by atoms with Crippen LogP contribution in [-0.2, 0) is 35.8 Å². The number of carbonyl (C=O) groups is 4. The minimum absolute atomic E-state index is 0.0211. The molecule has 0 bridgehead atoms. The number of carboxylic acids is 1. The Kier molecular flexibility index (Phi) is 10.9. The summed E-state index contributed by atoms with van der Waals surface area (Å²) in [5.74, 6) is -3.44. The molecule has 1 heterocycles. The van der Waals surface area contributed by atoms with Gasteiger partial charge in [-0.1, -0.05) is 86.6 Å². The first kappa shape index (κ1) is 33.2. The number of carbonyl (C=O) groups excluding carboxylic acids is 3. The van der Waals surface area contributed by atoms with Crippen molar-refractivity contribution in [2.24, 2.45) is 5.92 Å². The summed E-state index contributed by atoms with van der Waals surface area (Å²) in [6.07, 6.45) is 0.200. The molecule has 3 aromatic carbocycles. The zero-order chi connectivity index (χ0) is 32.6. The summed E-state index contributed by atoms with van der Waals surface area (Å²) in [4.78, 5) is 53.0. The molecule has 238 valence electrons. The summed E-state index contributed by atoms with van der Waals surface area (Å²) in [5.41, 5.74) is 2.37. The van der Waals surface area contributed by atoms with Crippen molar-refractivity contribution in [1.29, 1.82) is 0 Å². The molecule has 4 rings (SSSR count). The Morgan fingerprint density at radius 3 is 2.13 bits per heavy atom. The summed E-state index contributed by atoms with van der Waals surface area (Å²) in [6, 6.07) is 21.8. The Hall–Kier alpha value is -4.71. The van der Waals surface area contributed by atoms with Crippen LogP contribution in [0.5, 0.6) is 0 Å². The highest BCUT2D eigenvalue weighted by Gasteiger charge is 2.40. The van der Waals surface area contributed by atoms with Gasteiger partial charge in [0.1, 0.15) is 25.2 Å². The van der Waals surface area contributed by atoms with E-state index in [4.69, 9.17) is 4.74 Å². The lowest BCUT2D eigenvalue weighted by molar-refractivity contribution is -0.142. The van der Waals surface area contributed by atoms with Crippen molar-refractivity contribution in [3.05, 3.63) is 90.5 Å². The largest absolute Gasteiger partial charge is 0.480 e. The Labute approximate surface area is 262 Å². The third-order valence-corrected chi connectivity index (χ3v) is 9.15. The Morgan fingerprint density at radius 2 is 1.53 bits per heavy atom. The molecule has 11 nitrogen and oxygen atoms in total. The maximum absolute atomic E-state index is 13.8. The molecule has 0 saturated carbocycles. The van der Waals surface area contributed by atoms with Crippen molar-refractivity contribution in [1.82, 2.24) is 14.5 Å². The molecule has 0 spiro atoms. The normalized spacial score (nSPS) is 15.4. The minimum atomic E-state index is -4.62. The van der Waals surface area contributed by atoms with E-state index < -0.39 is 52.5 Å². The third kappa shape index (κ3) is 8.48. The SMILES string of the molecule is CC(C)C[C@H](NC(=O)[C@@H]1CCCN1C(=O)OCc1ccccc1)C(=O)N(CC(=O)O)S(=O)(=O)c1ccc(-c2ccccc2)cc1. The number of amides is 3. The lowest BCUT2D eigenvalue weighted by Gasteiger charge is -2.29. The van der Waals surface area contributed by atoms with Crippen LogP contribution < -0.4 is 5.32 Å². The second-order valence-electron chi connectivity index (χ2n) is 11.2. The second kappa shape index (κ2) is 14.8. The molecule has 12 heteroatoms. The molecule has 1 saturated heterocycles. The number of sulfonamides is 1. The van der Waals surface area contributed by atoms with Gasteiger partial charge in [0.2, 0.25) is 5.91 Å². The number of likely N-dealkylation sites (tertiary alicyclic amines) is 1. The lowest BCUT2D eigenvalue weighted by atomic mass is 10.0. The van der Waals surface area contributed by atoms with E-state index in [2.05, 4.69) is 5.32 Å². The first-order chi connectivity index (χ1) is 21.5. The molecular weight excluding hydrogens is 598 g/mol. The standard InChI is InChI=1S/C33H37N3O8S/c1-23(2)20-28(34-31(39)29-14-9-19-35(29)33(41)44-22-24-10-5-3-6-11-24)32(40)36(21-30(37)38)45(42,43)27-17-15-26(16-18-27)25-12-7-4-8-13-25/h3-8,10-13,15-18,23,28-29H,9,14,19-22H2,1-2H3,(H,34,39)(H,37,38)/t28-,29-/m0/s1. The Morgan fingerprint density at radius 1 is 0.933 bits per heavy atom. The number of nitrogens with one attached hydrogen (secondary N) is 1. The van der Waals surface area contributed by atoms with Gasteiger partial charge in [-0.3, -0.25) is 19.3 Å². The summed E-state index contributed by atoms with van der Waals surface area (Å²) in [5, 5.41) is 12.2. The molecule has 2 N–H and O–H groups in total. The van der Waals surface area contributed by atoms with E-state index in [1.807, 2.05) is 48.5 Å². The molecule has 3 aromatic rings. The van der Waals surface area contributed by atoms with Crippen LogP contribution in [0.2, 0.25) is 0 Å². The van der Waals surface area contributed by atoms with Gasteiger partial charge < -0.3 is 15.2 Å². The Balaban J connectivity index is 1.53. The van der Waals surface area contributed by atoms with Gasteiger partial charge in [-0.05, 0) is 54.0 Å². The molecule has 45 heavy (non-hydrogen) atoms. The van der Waals surface area contributed by atoms with E-state index in [9.17, 15) is 32.7 Å². The molecule has 3 amide bonds. The predicted molar refractivity (Wildman–Crippen MR) is 166 cm³/mol. The quantitative estimate of drug-likeness (QED) is 0.299. The number of hydrogen-bond acceptors (Lipinski definition) is 7. The molecule has 0 unspecified atom stereocenters. The zero-order valence-corrected chi connectivity index (χ0v) is 26.0. The fourth-order valence-corrected chi connectivity index (χ4v) is 6.56. The van der Waals surface area contributed by atoms with Gasteiger partial charge in [0.05, 0.1) is 4.90 Å². The van der Waals surface area contributed by atoms with E-state index in [0.717, 1.165) is 16.7 Å². The van der Waals surface area contributed by atoms with Crippen molar-refractivity contribution >= 4 is 33.9 Å². The topological polar surface area (TPSA) is 150 Å². The molecule has 0 radical (unpaired) electrons. The monoisotopic (exact) mass is 635 g/mol. The van der Waals surface area contributed by atoms with Crippen LogP contribution in [0.4, 0.5) is 4.79 Å². The number of nitrogens with zero attached hydrogens (tertiary/aromatic N) is 2. The molecule has 1 aliphatic rings. The highest BCUT2D eigenvalue weighted by Crippen LogP contribution is 2.25. The van der Waals surface area contributed by atoms with Crippen LogP contribution in [-0.4, -0.2) is 71.8 Å². The van der Waals surface area contributed by atoms with Crippen LogP contribution in [0.25, 0.3) is 11.1 Å². The van der Waals surface area contributed by atoms with E-state index in [1.165, 1.54) is 17.0 Å². The van der Waals surface area contributed by atoms with Crippen LogP contribution in [0.15, 0.2) is 89.8 Å². The summed E-state index contributed by atoms with van der Waals surface area (Å²) in [7, 11) is -4.62. The Bertz CT molecular complexity index is 1600. The fourth-order valence-electron chi connectivity index (χ4n) is 5.18. The van der Waals surface area contributed by atoms with Crippen molar-refractivity contribution in [3.8, 4) is 11.1 Å². The first-order valence-corrected chi connectivity index (χ1v) is 16.1. The van der Waals surface area contributed by atoms with Gasteiger partial charge in [-0.2, -0.15) is 0 Å². The van der Waals surface area contributed by atoms with Gasteiger partial charge in [0.25, 0.3) is 15.9 Å². The highest BCUT2D eigenvalue weighted by atomic mass is 32.2. The second-order valence-corrected chi connectivity index (χ2v) is 13.1. The zero-order valence-electron chi connectivity index (χ0n) is 25.2. The number of ether oxygens (including phenoxy) is 1. The van der Waals surface area contributed by atoms with Crippen LogP contribution in [0, 0.1) is 5.92 Å². The first-order valence-electron chi connectivity index (χ1n) is 14.7. The van der Waals surface area contributed by atoms with Crippen LogP contribution >= 0.6 is 0 Å². The van der Waals surface area contributed by atoms with Gasteiger partial charge >= 0.3 is 12.1 Å². The van der Waals surface area contributed by atoms with Gasteiger partial charge in [-0.25, -0.2) is 17.5 Å². The summed E-state index contributed by atoms with van der Waals surface area (Å²) >= 11 is 0. The van der Waals surface area contributed by atoms with E-state index in [-0.39, 0.29) is 30.4 Å². The lowest BCUT2D eigenvalue weighted by Crippen LogP contribution is -2.55. The molecule has 1 aliphatic heterocycles. The maximum Gasteiger partial charge on any atom is 0.410 e. The number of hydrogen-bond donors (Lipinski definition) is 2. The van der Waals surface area contributed by atoms with Crippen molar-refractivity contribution in [2.75, 3.05) is 13.1 Å². The van der Waals surface area contributed by atoms with E-state index in [1.54, 1.807) is 38.1 Å². The van der Waals surface area contributed by atoms with Gasteiger partial charge in [-0.15, -0.1) is 0 Å². The van der Waals surface area contributed by atoms with Gasteiger partial charge in [0.15, 0.2) is 0 Å². The summed E-state index contributed by atoms with van der Waals surface area (Å²) < 4.78 is 33.1. The predicted octanol–water partition coefficient (Wildman–Crippen LogP) is 4.29. The van der Waals surface area contributed by atoms with E-state index >= 15 is 0 Å². The van der Waals surface area contributed by atoms with Crippen molar-refractivity contribution < 1.29 is 37.4 Å². The molecule has 1 fully saturated rings. The smallest absolute Gasteiger partial charge is 0.410 e.